The van der Waals surface area contributed by atoms with E-state index in [0.29, 0.717) is 31.5 Å². The van der Waals surface area contributed by atoms with Crippen molar-refractivity contribution in [2.45, 2.75) is 25.3 Å². The topological polar surface area (TPSA) is 120 Å². The van der Waals surface area contributed by atoms with Crippen molar-refractivity contribution in [3.63, 3.8) is 0 Å². The van der Waals surface area contributed by atoms with E-state index in [4.69, 9.17) is 10.00 Å². The van der Waals surface area contributed by atoms with Crippen LogP contribution in [0.25, 0.3) is 0 Å². The van der Waals surface area contributed by atoms with Gasteiger partial charge in [0.25, 0.3) is 0 Å². The predicted molar refractivity (Wildman–Crippen MR) is 105 cm³/mol. The quantitative estimate of drug-likeness (QED) is 0.633. The van der Waals surface area contributed by atoms with E-state index in [-0.39, 0.29) is 23.7 Å². The Balaban J connectivity index is 1.77. The van der Waals surface area contributed by atoms with E-state index in [1.165, 1.54) is 7.11 Å². The van der Waals surface area contributed by atoms with Crippen LogP contribution >= 0.6 is 0 Å². The third kappa shape index (κ3) is 4.81. The Kier molecular flexibility index (Phi) is 6.29. The lowest BCUT2D eigenvalue weighted by molar-refractivity contribution is -0.147. The highest BCUT2D eigenvalue weighted by atomic mass is 16.5. The van der Waals surface area contributed by atoms with Crippen molar-refractivity contribution in [3.8, 4) is 6.07 Å². The number of hydrogen-bond acceptors (Lipinski definition) is 6. The molecule has 3 rings (SSSR count). The number of carbonyl (C=O) groups excluding carboxylic acids is 2. The maximum absolute atomic E-state index is 13.1. The van der Waals surface area contributed by atoms with Gasteiger partial charge in [0.15, 0.2) is 0 Å². The highest BCUT2D eigenvalue weighted by molar-refractivity contribution is 5.81. The summed E-state index contributed by atoms with van der Waals surface area (Å²) in [5, 5.41) is 15.3. The molecule has 152 valence electrons. The molecule has 0 spiro atoms. The van der Waals surface area contributed by atoms with Crippen LogP contribution in [0.15, 0.2) is 36.8 Å². The molecule has 1 fully saturated rings. The minimum Gasteiger partial charge on any atom is -0.469 e. The first-order valence-corrected chi connectivity index (χ1v) is 9.53. The molecule has 1 saturated heterocycles. The number of imidazole rings is 1. The molecule has 2 aromatic rings. The Morgan fingerprint density at radius 3 is 2.66 bits per heavy atom. The van der Waals surface area contributed by atoms with Crippen molar-refractivity contribution < 1.29 is 14.3 Å². The number of nitriles is 1. The molecular formula is C21H25N5O3. The van der Waals surface area contributed by atoms with Crippen LogP contribution in [0.5, 0.6) is 0 Å². The molecular weight excluding hydrogens is 370 g/mol. The van der Waals surface area contributed by atoms with E-state index in [1.54, 1.807) is 24.7 Å². The van der Waals surface area contributed by atoms with Gasteiger partial charge >= 0.3 is 5.97 Å². The van der Waals surface area contributed by atoms with Gasteiger partial charge in [-0.1, -0.05) is 12.1 Å². The van der Waals surface area contributed by atoms with Crippen molar-refractivity contribution >= 4 is 11.9 Å². The molecule has 8 heteroatoms. The van der Waals surface area contributed by atoms with Crippen LogP contribution < -0.4 is 10.6 Å². The second kappa shape index (κ2) is 8.88. The summed E-state index contributed by atoms with van der Waals surface area (Å²) in [6.07, 6.45) is 4.24. The maximum atomic E-state index is 13.1. The summed E-state index contributed by atoms with van der Waals surface area (Å²) in [6, 6.07) is 9.40. The third-order valence-corrected chi connectivity index (χ3v) is 5.39. The van der Waals surface area contributed by atoms with E-state index in [1.807, 2.05) is 19.1 Å². The van der Waals surface area contributed by atoms with Crippen molar-refractivity contribution in [1.82, 2.24) is 20.6 Å². The number of nitrogens with one attached hydrogen (secondary N) is 3. The lowest BCUT2D eigenvalue weighted by Crippen LogP contribution is -2.52. The number of amides is 1. The van der Waals surface area contributed by atoms with Gasteiger partial charge in [-0.2, -0.15) is 5.26 Å². The number of carbonyl (C=O) groups is 2. The monoisotopic (exact) mass is 395 g/mol. The predicted octanol–water partition coefficient (Wildman–Crippen LogP) is 1.25. The summed E-state index contributed by atoms with van der Waals surface area (Å²) >= 11 is 0. The normalized spacial score (nSPS) is 20.9. The van der Waals surface area contributed by atoms with E-state index in [0.717, 1.165) is 11.3 Å². The van der Waals surface area contributed by atoms with Gasteiger partial charge in [-0.25, -0.2) is 4.98 Å². The summed E-state index contributed by atoms with van der Waals surface area (Å²) in [7, 11) is 1.36. The van der Waals surface area contributed by atoms with Crippen molar-refractivity contribution in [3.05, 3.63) is 53.6 Å². The van der Waals surface area contributed by atoms with Crippen LogP contribution in [0.2, 0.25) is 0 Å². The number of H-pyrrole nitrogens is 1. The molecule has 3 atom stereocenters. The zero-order valence-corrected chi connectivity index (χ0v) is 16.6. The molecule has 0 radical (unpaired) electrons. The fourth-order valence-corrected chi connectivity index (χ4v) is 3.73. The Bertz CT molecular complexity index is 888. The van der Waals surface area contributed by atoms with Crippen molar-refractivity contribution in [1.29, 1.82) is 5.26 Å². The molecule has 1 amide bonds. The molecule has 3 N–H and O–H groups in total. The molecule has 0 bridgehead atoms. The summed E-state index contributed by atoms with van der Waals surface area (Å²) in [4.78, 5) is 32.1. The first-order chi connectivity index (χ1) is 13.9. The Labute approximate surface area is 169 Å². The van der Waals surface area contributed by atoms with E-state index >= 15 is 0 Å². The van der Waals surface area contributed by atoms with Gasteiger partial charge in [-0.15, -0.1) is 0 Å². The number of hydrogen-bond donors (Lipinski definition) is 3. The number of nitrogens with zero attached hydrogens (tertiary/aromatic N) is 2. The minimum atomic E-state index is -0.722. The molecule has 8 nitrogen and oxygen atoms in total. The van der Waals surface area contributed by atoms with Crippen LogP contribution in [-0.2, 0) is 26.3 Å². The number of aromatic amines is 1. The van der Waals surface area contributed by atoms with Crippen LogP contribution in [0.4, 0.5) is 0 Å². The lowest BCUT2D eigenvalue weighted by Gasteiger charge is -2.34. The van der Waals surface area contributed by atoms with E-state index in [9.17, 15) is 9.59 Å². The summed E-state index contributed by atoms with van der Waals surface area (Å²) in [5.41, 5.74) is 1.63. The Morgan fingerprint density at radius 2 is 2.03 bits per heavy atom. The third-order valence-electron chi connectivity index (χ3n) is 5.39. The van der Waals surface area contributed by atoms with Crippen molar-refractivity contribution in [2.24, 2.45) is 11.8 Å². The molecule has 0 aliphatic carbocycles. The molecule has 2 heterocycles. The number of ether oxygens (including phenoxy) is 1. The van der Waals surface area contributed by atoms with Crippen LogP contribution in [0, 0.1) is 23.2 Å². The van der Waals surface area contributed by atoms with Gasteiger partial charge in [-0.05, 0) is 31.0 Å². The number of piperidine rings is 1. The number of rotatable bonds is 6. The molecule has 1 aromatic carbocycles. The average Bonchev–Trinajstić information content (AvgIpc) is 3.29. The lowest BCUT2D eigenvalue weighted by atomic mass is 9.86. The van der Waals surface area contributed by atoms with E-state index in [2.05, 4.69) is 26.7 Å². The second-order valence-corrected chi connectivity index (χ2v) is 7.58. The molecule has 1 aliphatic rings. The van der Waals surface area contributed by atoms with Crippen LogP contribution in [-0.4, -0.2) is 42.0 Å². The standard InChI is InChI=1S/C21H25N5O3/c1-21(18-12-24-13-25-18,8-14-3-5-15(9-22)6-4-14)26-19(27)16-7-17(11-23-10-16)20(28)29-2/h3-6,12-13,16-17,23H,7-8,10-11H2,1-2H3,(H,24,25)(H,26,27)/t16-,17+,21?/m0/s1. The van der Waals surface area contributed by atoms with Gasteiger partial charge in [0.2, 0.25) is 5.91 Å². The number of aromatic nitrogens is 2. The first-order valence-electron chi connectivity index (χ1n) is 9.53. The molecule has 1 unspecified atom stereocenters. The zero-order chi connectivity index (χ0) is 20.9. The second-order valence-electron chi connectivity index (χ2n) is 7.58. The Hall–Kier alpha value is -3.18. The average molecular weight is 395 g/mol. The fourth-order valence-electron chi connectivity index (χ4n) is 3.73. The maximum Gasteiger partial charge on any atom is 0.309 e. The minimum absolute atomic E-state index is 0.128. The molecule has 29 heavy (non-hydrogen) atoms. The largest absolute Gasteiger partial charge is 0.469 e. The smallest absolute Gasteiger partial charge is 0.309 e. The molecule has 1 aliphatic heterocycles. The number of esters is 1. The van der Waals surface area contributed by atoms with Gasteiger partial charge in [0, 0.05) is 19.5 Å². The number of methoxy groups -OCH3 is 1. The van der Waals surface area contributed by atoms with Gasteiger partial charge < -0.3 is 20.4 Å². The summed E-state index contributed by atoms with van der Waals surface area (Å²) in [5.74, 6) is -1.10. The molecule has 1 aromatic heterocycles. The first kappa shape index (κ1) is 20.6. The van der Waals surface area contributed by atoms with Gasteiger partial charge in [0.1, 0.15) is 0 Å². The SMILES string of the molecule is COC(=O)[C@H]1CNC[C@@H](C(=O)NC(C)(Cc2ccc(C#N)cc2)c2cnc[nH]2)C1. The summed E-state index contributed by atoms with van der Waals surface area (Å²) < 4.78 is 4.83. The molecule has 0 saturated carbocycles. The fraction of sp³-hybridized carbons (Fsp3) is 0.429. The van der Waals surface area contributed by atoms with E-state index < -0.39 is 5.54 Å². The van der Waals surface area contributed by atoms with Crippen LogP contribution in [0.3, 0.4) is 0 Å². The van der Waals surface area contributed by atoms with Gasteiger partial charge in [0.05, 0.1) is 54.3 Å². The van der Waals surface area contributed by atoms with Gasteiger partial charge in [-0.3, -0.25) is 9.59 Å². The van der Waals surface area contributed by atoms with Crippen LogP contribution in [0.1, 0.15) is 30.2 Å². The zero-order valence-electron chi connectivity index (χ0n) is 16.6. The van der Waals surface area contributed by atoms with Crippen molar-refractivity contribution in [2.75, 3.05) is 20.2 Å². The Morgan fingerprint density at radius 1 is 1.31 bits per heavy atom. The highest BCUT2D eigenvalue weighted by Crippen LogP contribution is 2.26. The number of benzene rings is 1. The highest BCUT2D eigenvalue weighted by Gasteiger charge is 2.36. The summed E-state index contributed by atoms with van der Waals surface area (Å²) in [6.45, 7) is 2.96.